The van der Waals surface area contributed by atoms with E-state index in [4.69, 9.17) is 14.7 Å². The molecule has 2 heterocycles. The number of carbonyl (C=O) groups is 2. The minimum atomic E-state index is -0.539. The molecule has 1 fully saturated rings. The maximum atomic E-state index is 12.3. The number of nitrogens with zero attached hydrogens (tertiary/aromatic N) is 1. The van der Waals surface area contributed by atoms with Crippen LogP contribution in [-0.4, -0.2) is 39.0 Å². The fourth-order valence-corrected chi connectivity index (χ4v) is 6.30. The number of hydrogen-bond donors (Lipinski definition) is 4. The number of hydroxylamine groups is 1. The second-order valence-electron chi connectivity index (χ2n) is 11.5. The molecule has 10 heteroatoms. The standard InChI is InChI=1S/C37H41N3O6S/c41-24-26-12-14-29(15-13-26)33-22-32(25-47-36-11-4-5-20-38-36)45-37(46-33)30-18-16-28(17-19-30)31-8-6-7-27(21-31)23-39-34(42)9-2-1-3-10-35(43)40-44/h4-8,11-21,32-33,37,41,44H,1-3,9-10,22-25H2,(H,39,42)(H,40,43)/t32-,33+,37+/m1/s1. The fourth-order valence-electron chi connectivity index (χ4n) is 5.42. The van der Waals surface area contributed by atoms with Crippen LogP contribution in [0, 0.1) is 0 Å². The molecule has 0 aliphatic carbocycles. The summed E-state index contributed by atoms with van der Waals surface area (Å²) in [6, 6.07) is 30.1. The number of nitrogens with one attached hydrogen (secondary N) is 2. The summed E-state index contributed by atoms with van der Waals surface area (Å²) in [5.74, 6) is 0.306. The highest BCUT2D eigenvalue weighted by Gasteiger charge is 2.32. The van der Waals surface area contributed by atoms with Crippen LogP contribution < -0.4 is 10.8 Å². The Hall–Kier alpha value is -4.06. The normalized spacial score (nSPS) is 17.6. The van der Waals surface area contributed by atoms with E-state index in [1.807, 2.05) is 72.8 Å². The van der Waals surface area contributed by atoms with E-state index in [1.54, 1.807) is 23.4 Å². The highest BCUT2D eigenvalue weighted by molar-refractivity contribution is 7.99. The van der Waals surface area contributed by atoms with Crippen LogP contribution in [0.3, 0.4) is 0 Å². The highest BCUT2D eigenvalue weighted by Crippen LogP contribution is 2.39. The van der Waals surface area contributed by atoms with Crippen molar-refractivity contribution in [1.82, 2.24) is 15.8 Å². The zero-order valence-electron chi connectivity index (χ0n) is 26.2. The molecule has 0 radical (unpaired) electrons. The average molecular weight is 656 g/mol. The summed E-state index contributed by atoms with van der Waals surface area (Å²) in [5.41, 5.74) is 7.55. The van der Waals surface area contributed by atoms with Crippen LogP contribution in [0.1, 0.15) is 73.2 Å². The molecule has 0 unspecified atom stereocenters. The van der Waals surface area contributed by atoms with E-state index < -0.39 is 12.2 Å². The molecule has 47 heavy (non-hydrogen) atoms. The number of amides is 2. The molecule has 1 aliphatic rings. The Kier molecular flexibility index (Phi) is 12.9. The van der Waals surface area contributed by atoms with Crippen molar-refractivity contribution in [3.05, 3.63) is 119 Å². The van der Waals surface area contributed by atoms with E-state index in [1.165, 1.54) is 0 Å². The van der Waals surface area contributed by atoms with E-state index >= 15 is 0 Å². The van der Waals surface area contributed by atoms with Gasteiger partial charge in [-0.1, -0.05) is 79.2 Å². The monoisotopic (exact) mass is 655 g/mol. The molecule has 5 rings (SSSR count). The van der Waals surface area contributed by atoms with Gasteiger partial charge in [0.25, 0.3) is 0 Å². The predicted octanol–water partition coefficient (Wildman–Crippen LogP) is 6.65. The van der Waals surface area contributed by atoms with Crippen molar-refractivity contribution in [3.8, 4) is 11.1 Å². The van der Waals surface area contributed by atoms with Gasteiger partial charge in [-0.2, -0.15) is 0 Å². The van der Waals surface area contributed by atoms with Gasteiger partial charge in [-0.05, 0) is 58.9 Å². The summed E-state index contributed by atoms with van der Waals surface area (Å²) in [5, 5.41) is 22.0. The lowest BCUT2D eigenvalue weighted by atomic mass is 9.99. The van der Waals surface area contributed by atoms with Gasteiger partial charge in [-0.25, -0.2) is 10.5 Å². The van der Waals surface area contributed by atoms with Gasteiger partial charge >= 0.3 is 0 Å². The first-order chi connectivity index (χ1) is 23.0. The number of thioether (sulfide) groups is 1. The van der Waals surface area contributed by atoms with E-state index in [2.05, 4.69) is 28.5 Å². The molecule has 0 bridgehead atoms. The molecular formula is C37H41N3O6S. The van der Waals surface area contributed by atoms with Gasteiger partial charge < -0.3 is 19.9 Å². The molecule has 4 N–H and O–H groups in total. The minimum absolute atomic E-state index is 0.00128. The predicted molar refractivity (Wildman–Crippen MR) is 180 cm³/mol. The van der Waals surface area contributed by atoms with Crippen LogP contribution in [0.25, 0.3) is 11.1 Å². The lowest BCUT2D eigenvalue weighted by Gasteiger charge is -2.36. The topological polar surface area (TPSA) is 130 Å². The Morgan fingerprint density at radius 1 is 0.809 bits per heavy atom. The second kappa shape index (κ2) is 17.7. The number of pyridine rings is 1. The number of ether oxygens (including phenoxy) is 2. The van der Waals surface area contributed by atoms with Gasteiger partial charge in [0, 0.05) is 43.3 Å². The third-order valence-electron chi connectivity index (χ3n) is 8.04. The summed E-state index contributed by atoms with van der Waals surface area (Å²) < 4.78 is 13.0. The molecule has 1 aliphatic heterocycles. The lowest BCUT2D eigenvalue weighted by molar-refractivity contribution is -0.245. The van der Waals surface area contributed by atoms with Crippen LogP contribution in [0.4, 0.5) is 0 Å². The Balaban J connectivity index is 1.20. The first-order valence-electron chi connectivity index (χ1n) is 15.9. The number of aliphatic hydroxyl groups excluding tert-OH is 1. The molecule has 3 aromatic carbocycles. The minimum Gasteiger partial charge on any atom is -0.392 e. The Bertz CT molecular complexity index is 1570. The summed E-state index contributed by atoms with van der Waals surface area (Å²) in [6.07, 6.45) is 4.46. The molecule has 9 nitrogen and oxygen atoms in total. The van der Waals surface area contributed by atoms with Crippen molar-refractivity contribution in [3.63, 3.8) is 0 Å². The van der Waals surface area contributed by atoms with Crippen LogP contribution in [0.15, 0.2) is 102 Å². The number of carbonyl (C=O) groups excluding carboxylic acids is 2. The van der Waals surface area contributed by atoms with E-state index in [-0.39, 0.29) is 31.1 Å². The molecular weight excluding hydrogens is 614 g/mol. The zero-order chi connectivity index (χ0) is 32.8. The Morgan fingerprint density at radius 3 is 2.30 bits per heavy atom. The number of aromatic nitrogens is 1. The first kappa shape index (κ1) is 34.3. The number of rotatable bonds is 15. The first-order valence-corrected chi connectivity index (χ1v) is 16.9. The van der Waals surface area contributed by atoms with E-state index in [9.17, 15) is 14.7 Å². The van der Waals surface area contributed by atoms with Gasteiger partial charge in [0.2, 0.25) is 11.8 Å². The van der Waals surface area contributed by atoms with Gasteiger partial charge in [-0.15, -0.1) is 11.8 Å². The quantitative estimate of drug-likeness (QED) is 0.0485. The summed E-state index contributed by atoms with van der Waals surface area (Å²) >= 11 is 1.67. The molecule has 1 aromatic heterocycles. The molecule has 4 aromatic rings. The van der Waals surface area contributed by atoms with Crippen molar-refractivity contribution in [2.45, 2.75) is 75.2 Å². The average Bonchev–Trinajstić information content (AvgIpc) is 3.13. The smallest absolute Gasteiger partial charge is 0.243 e. The van der Waals surface area contributed by atoms with Gasteiger partial charge in [-0.3, -0.25) is 14.8 Å². The number of benzene rings is 3. The fraction of sp³-hybridized carbons (Fsp3) is 0.324. The van der Waals surface area contributed by atoms with Crippen molar-refractivity contribution < 1.29 is 29.4 Å². The van der Waals surface area contributed by atoms with E-state index in [0.29, 0.717) is 32.2 Å². The second-order valence-corrected chi connectivity index (χ2v) is 12.6. The van der Waals surface area contributed by atoms with Crippen LogP contribution in [0.5, 0.6) is 0 Å². The largest absolute Gasteiger partial charge is 0.392 e. The van der Waals surface area contributed by atoms with Crippen LogP contribution >= 0.6 is 11.8 Å². The van der Waals surface area contributed by atoms with Crippen molar-refractivity contribution in [2.24, 2.45) is 0 Å². The number of aliphatic hydroxyl groups is 1. The third kappa shape index (κ3) is 10.5. The summed E-state index contributed by atoms with van der Waals surface area (Å²) in [4.78, 5) is 27.8. The van der Waals surface area contributed by atoms with Crippen LogP contribution in [-0.2, 0) is 32.2 Å². The number of hydrogen-bond acceptors (Lipinski definition) is 8. The highest BCUT2D eigenvalue weighted by atomic mass is 32.2. The van der Waals surface area contributed by atoms with Gasteiger partial charge in [0.05, 0.1) is 23.8 Å². The summed E-state index contributed by atoms with van der Waals surface area (Å²) in [6.45, 7) is 0.432. The van der Waals surface area contributed by atoms with E-state index in [0.717, 1.165) is 50.6 Å². The van der Waals surface area contributed by atoms with Crippen LogP contribution in [0.2, 0.25) is 0 Å². The zero-order valence-corrected chi connectivity index (χ0v) is 27.0. The molecule has 3 atom stereocenters. The molecule has 246 valence electrons. The summed E-state index contributed by atoms with van der Waals surface area (Å²) in [7, 11) is 0. The molecule has 0 spiro atoms. The number of unbranched alkanes of at least 4 members (excludes halogenated alkanes) is 2. The Labute approximate surface area is 279 Å². The SMILES string of the molecule is O=C(CCCCCC(=O)NCc1cccc(-c2ccc([C@H]3O[C@@H](CSc4ccccn4)C[C@@H](c4ccc(CO)cc4)O3)cc2)c1)NO. The molecule has 2 amide bonds. The van der Waals surface area contributed by atoms with Gasteiger partial charge in [0.1, 0.15) is 0 Å². The molecule has 1 saturated heterocycles. The van der Waals surface area contributed by atoms with Crippen molar-refractivity contribution >= 4 is 23.6 Å². The van der Waals surface area contributed by atoms with Crippen molar-refractivity contribution in [2.75, 3.05) is 5.75 Å². The maximum Gasteiger partial charge on any atom is 0.243 e. The molecule has 0 saturated carbocycles. The maximum absolute atomic E-state index is 12.3. The van der Waals surface area contributed by atoms with Crippen molar-refractivity contribution in [1.29, 1.82) is 0 Å². The lowest BCUT2D eigenvalue weighted by Crippen LogP contribution is -2.31. The Morgan fingerprint density at radius 2 is 1.57 bits per heavy atom. The van der Waals surface area contributed by atoms with Gasteiger partial charge in [0.15, 0.2) is 6.29 Å². The third-order valence-corrected chi connectivity index (χ3v) is 9.11.